The zero-order valence-electron chi connectivity index (χ0n) is 19.4. The number of allylic oxidation sites excluding steroid dienone is 1. The van der Waals surface area contributed by atoms with Crippen LogP contribution in [0.2, 0.25) is 0 Å². The maximum Gasteiger partial charge on any atom is 0.416 e. The van der Waals surface area contributed by atoms with Crippen LogP contribution >= 0.6 is 0 Å². The molecular formula is C25H28F4N2O3S. The monoisotopic (exact) mass is 512 g/mol. The van der Waals surface area contributed by atoms with Crippen molar-refractivity contribution in [2.45, 2.75) is 62.7 Å². The first-order valence-electron chi connectivity index (χ1n) is 11.3. The third-order valence-corrected chi connectivity index (χ3v) is 7.88. The zero-order chi connectivity index (χ0) is 25.9. The molecule has 0 bridgehead atoms. The highest BCUT2D eigenvalue weighted by atomic mass is 32.2. The van der Waals surface area contributed by atoms with Gasteiger partial charge in [0.25, 0.3) is 0 Å². The molecule has 0 aliphatic heterocycles. The summed E-state index contributed by atoms with van der Waals surface area (Å²) in [4.78, 5) is 13.0. The van der Waals surface area contributed by atoms with Crippen molar-refractivity contribution in [3.63, 3.8) is 0 Å². The Morgan fingerprint density at radius 2 is 1.63 bits per heavy atom. The molecule has 2 aromatic carbocycles. The predicted molar refractivity (Wildman–Crippen MR) is 124 cm³/mol. The third kappa shape index (κ3) is 6.49. The van der Waals surface area contributed by atoms with E-state index < -0.39 is 33.2 Å². The maximum atomic E-state index is 13.2. The van der Waals surface area contributed by atoms with Gasteiger partial charge < -0.3 is 5.32 Å². The molecule has 0 saturated heterocycles. The maximum absolute atomic E-state index is 13.2. The summed E-state index contributed by atoms with van der Waals surface area (Å²) in [5, 5.41) is 2.97. The molecule has 3 rings (SSSR count). The molecule has 190 valence electrons. The van der Waals surface area contributed by atoms with Crippen molar-refractivity contribution in [1.29, 1.82) is 0 Å². The van der Waals surface area contributed by atoms with E-state index in [1.165, 1.54) is 12.1 Å². The van der Waals surface area contributed by atoms with Crippen molar-refractivity contribution in [3.05, 3.63) is 77.6 Å². The Morgan fingerprint density at radius 1 is 1.06 bits per heavy atom. The van der Waals surface area contributed by atoms with E-state index in [1.54, 1.807) is 32.1 Å². The van der Waals surface area contributed by atoms with E-state index >= 15 is 0 Å². The van der Waals surface area contributed by atoms with E-state index in [0.717, 1.165) is 29.8 Å². The summed E-state index contributed by atoms with van der Waals surface area (Å²) in [6.45, 7) is 3.61. The van der Waals surface area contributed by atoms with Crippen molar-refractivity contribution in [2.24, 2.45) is 5.41 Å². The van der Waals surface area contributed by atoms with Crippen molar-refractivity contribution < 1.29 is 30.8 Å². The molecular weight excluding hydrogens is 484 g/mol. The highest BCUT2D eigenvalue weighted by molar-refractivity contribution is 7.89. The summed E-state index contributed by atoms with van der Waals surface area (Å²) >= 11 is 0. The lowest BCUT2D eigenvalue weighted by atomic mass is 9.71. The van der Waals surface area contributed by atoms with Crippen LogP contribution in [0.3, 0.4) is 0 Å². The van der Waals surface area contributed by atoms with Gasteiger partial charge in [-0.2, -0.15) is 13.2 Å². The number of sulfonamides is 1. The Morgan fingerprint density at radius 3 is 2.14 bits per heavy atom. The van der Waals surface area contributed by atoms with E-state index in [9.17, 15) is 30.8 Å². The average Bonchev–Trinajstić information content (AvgIpc) is 2.80. The number of nitrogens with one attached hydrogen (secondary N) is 2. The lowest BCUT2D eigenvalue weighted by Crippen LogP contribution is -2.47. The fourth-order valence-electron chi connectivity index (χ4n) is 4.32. The summed E-state index contributed by atoms with van der Waals surface area (Å²) < 4.78 is 79.4. The fourth-order valence-corrected chi connectivity index (χ4v) is 5.63. The van der Waals surface area contributed by atoms with Crippen LogP contribution in [0, 0.1) is 11.2 Å². The van der Waals surface area contributed by atoms with Gasteiger partial charge in [-0.05, 0) is 81.5 Å². The molecule has 1 fully saturated rings. The van der Waals surface area contributed by atoms with Gasteiger partial charge in [0.2, 0.25) is 15.9 Å². The second-order valence-corrected chi connectivity index (χ2v) is 10.5. The van der Waals surface area contributed by atoms with Crippen LogP contribution in [0.4, 0.5) is 17.6 Å². The molecule has 1 aliphatic rings. The van der Waals surface area contributed by atoms with Gasteiger partial charge in [-0.3, -0.25) is 4.79 Å². The number of hydrogen-bond acceptors (Lipinski definition) is 3. The van der Waals surface area contributed by atoms with Crippen LogP contribution in [0.1, 0.15) is 56.7 Å². The molecule has 5 nitrogen and oxygen atoms in total. The lowest BCUT2D eigenvalue weighted by Gasteiger charge is -2.37. The molecule has 10 heteroatoms. The first-order valence-corrected chi connectivity index (χ1v) is 12.7. The first-order chi connectivity index (χ1) is 16.4. The molecule has 2 aromatic rings. The number of alkyl halides is 3. The molecule has 0 spiro atoms. The minimum absolute atomic E-state index is 0.198. The van der Waals surface area contributed by atoms with Gasteiger partial charge >= 0.3 is 6.18 Å². The minimum Gasteiger partial charge on any atom is -0.349 e. The normalized spacial score (nSPS) is 22.2. The Balaban J connectivity index is 1.66. The second kappa shape index (κ2) is 10.5. The number of amides is 1. The van der Waals surface area contributed by atoms with Gasteiger partial charge in [-0.25, -0.2) is 17.5 Å². The molecule has 1 amide bonds. The highest BCUT2D eigenvalue weighted by Crippen LogP contribution is 2.39. The van der Waals surface area contributed by atoms with Gasteiger partial charge in [0.05, 0.1) is 21.9 Å². The molecule has 0 aromatic heterocycles. The smallest absolute Gasteiger partial charge is 0.349 e. The SMILES string of the molecule is CC=CC1(C(=O)NC(C)c2ccc(F)cc2)CCC(NS(=O)(=O)c2ccc(C(F)(F)F)cc2)CC1. The number of hydrogen-bond donors (Lipinski definition) is 2. The van der Waals surface area contributed by atoms with Gasteiger partial charge in [0.1, 0.15) is 5.82 Å². The molecule has 0 heterocycles. The number of carbonyl (C=O) groups is 1. The van der Waals surface area contributed by atoms with Crippen molar-refractivity contribution in [1.82, 2.24) is 10.0 Å². The van der Waals surface area contributed by atoms with Crippen molar-refractivity contribution in [3.8, 4) is 0 Å². The minimum atomic E-state index is -4.55. The van der Waals surface area contributed by atoms with E-state index in [2.05, 4.69) is 10.0 Å². The molecule has 1 atom stereocenters. The van der Waals surface area contributed by atoms with E-state index in [4.69, 9.17) is 0 Å². The molecule has 35 heavy (non-hydrogen) atoms. The van der Waals surface area contributed by atoms with Crippen LogP contribution in [0.5, 0.6) is 0 Å². The van der Waals surface area contributed by atoms with Gasteiger partial charge in [0.15, 0.2) is 0 Å². The van der Waals surface area contributed by atoms with Gasteiger partial charge in [0, 0.05) is 6.04 Å². The van der Waals surface area contributed by atoms with Crippen LogP contribution < -0.4 is 10.0 Å². The topological polar surface area (TPSA) is 75.3 Å². The summed E-state index contributed by atoms with van der Waals surface area (Å²) in [5.41, 5.74) is -0.987. The van der Waals surface area contributed by atoms with E-state index in [-0.39, 0.29) is 22.7 Å². The van der Waals surface area contributed by atoms with Crippen molar-refractivity contribution >= 4 is 15.9 Å². The quantitative estimate of drug-likeness (QED) is 0.380. The Bertz CT molecular complexity index is 1150. The number of rotatable bonds is 7. The largest absolute Gasteiger partial charge is 0.416 e. The number of halogens is 4. The summed E-state index contributed by atoms with van der Waals surface area (Å²) in [6, 6.07) is 8.40. The van der Waals surface area contributed by atoms with Crippen LogP contribution in [-0.4, -0.2) is 20.4 Å². The van der Waals surface area contributed by atoms with Crippen LogP contribution in [-0.2, 0) is 21.0 Å². The molecule has 2 N–H and O–H groups in total. The van der Waals surface area contributed by atoms with Crippen LogP contribution in [0.25, 0.3) is 0 Å². The fraction of sp³-hybridized carbons (Fsp3) is 0.400. The van der Waals surface area contributed by atoms with E-state index in [0.29, 0.717) is 25.7 Å². The first kappa shape index (κ1) is 26.9. The highest BCUT2D eigenvalue weighted by Gasteiger charge is 2.41. The molecule has 1 unspecified atom stereocenters. The average molecular weight is 513 g/mol. The summed E-state index contributed by atoms with van der Waals surface area (Å²) in [6.07, 6.45) is 0.587. The third-order valence-electron chi connectivity index (χ3n) is 6.35. The zero-order valence-corrected chi connectivity index (χ0v) is 20.2. The second-order valence-electron chi connectivity index (χ2n) is 8.82. The molecule has 0 radical (unpaired) electrons. The summed E-state index contributed by atoms with van der Waals surface area (Å²) in [5.74, 6) is -0.564. The molecule has 1 saturated carbocycles. The Kier molecular flexibility index (Phi) is 8.06. The van der Waals surface area contributed by atoms with Crippen molar-refractivity contribution in [2.75, 3.05) is 0 Å². The van der Waals surface area contributed by atoms with E-state index in [1.807, 2.05) is 6.08 Å². The number of benzene rings is 2. The van der Waals surface area contributed by atoms with Gasteiger partial charge in [-0.1, -0.05) is 24.3 Å². The standard InChI is InChI=1S/C25H28F4N2O3S/c1-3-14-24(23(32)30-17(2)18-4-8-20(26)9-5-18)15-12-21(13-16-24)31-35(33,34)22-10-6-19(7-11-22)25(27,28)29/h3-11,14,17,21,31H,12-13,15-16H2,1-2H3,(H,30,32). The predicted octanol–water partition coefficient (Wildman–Crippen LogP) is 5.51. The Hall–Kier alpha value is -2.72. The molecule has 1 aliphatic carbocycles. The Labute approximate surface area is 202 Å². The number of carbonyl (C=O) groups excluding carboxylic acids is 1. The summed E-state index contributed by atoms with van der Waals surface area (Å²) in [7, 11) is -4.02. The lowest BCUT2D eigenvalue weighted by molar-refractivity contribution is -0.137. The van der Waals surface area contributed by atoms with Crippen LogP contribution in [0.15, 0.2) is 65.6 Å². The van der Waals surface area contributed by atoms with Gasteiger partial charge in [-0.15, -0.1) is 0 Å².